The first-order chi connectivity index (χ1) is 10.6. The number of aromatic nitrogens is 1. The Morgan fingerprint density at radius 3 is 2.82 bits per heavy atom. The van der Waals surface area contributed by atoms with E-state index in [1.807, 2.05) is 13.0 Å². The van der Waals surface area contributed by atoms with Gasteiger partial charge in [-0.1, -0.05) is 17.7 Å². The molecule has 0 atom stereocenters. The van der Waals surface area contributed by atoms with Gasteiger partial charge < -0.3 is 10.6 Å². The number of nitriles is 1. The van der Waals surface area contributed by atoms with E-state index in [1.165, 1.54) is 6.20 Å². The van der Waals surface area contributed by atoms with Crippen LogP contribution in [0, 0.1) is 18.3 Å². The number of rotatable bonds is 4. The number of hydrogen-bond acceptors (Lipinski definition) is 4. The highest BCUT2D eigenvalue weighted by Crippen LogP contribution is 2.20. The largest absolute Gasteiger partial charge is 0.359 e. The molecule has 0 bridgehead atoms. The second-order valence-corrected chi connectivity index (χ2v) is 4.88. The number of nitrogens with zero attached hydrogens (tertiary/aromatic N) is 2. The summed E-state index contributed by atoms with van der Waals surface area (Å²) in [5, 5.41) is 15.1. The summed E-state index contributed by atoms with van der Waals surface area (Å²) < 4.78 is 0. The van der Waals surface area contributed by atoms with E-state index in [1.54, 1.807) is 42.7 Å². The van der Waals surface area contributed by atoms with Crippen LogP contribution in [0.5, 0.6) is 0 Å². The quantitative estimate of drug-likeness (QED) is 0.669. The van der Waals surface area contributed by atoms with E-state index in [0.717, 1.165) is 5.56 Å². The third-order valence-electron chi connectivity index (χ3n) is 2.84. The number of halogens is 1. The topological polar surface area (TPSA) is 77.8 Å². The van der Waals surface area contributed by atoms with Crippen LogP contribution in [0.25, 0.3) is 0 Å². The molecule has 0 spiro atoms. The van der Waals surface area contributed by atoms with E-state index in [0.29, 0.717) is 16.4 Å². The average molecular weight is 313 g/mol. The molecule has 6 heteroatoms. The van der Waals surface area contributed by atoms with E-state index < -0.39 is 5.91 Å². The van der Waals surface area contributed by atoms with Gasteiger partial charge in [-0.05, 0) is 36.8 Å². The van der Waals surface area contributed by atoms with Gasteiger partial charge in [0.1, 0.15) is 11.6 Å². The molecule has 22 heavy (non-hydrogen) atoms. The molecular formula is C16H13ClN4O. The number of benzene rings is 1. The van der Waals surface area contributed by atoms with Crippen LogP contribution in [0.2, 0.25) is 5.02 Å². The first-order valence-electron chi connectivity index (χ1n) is 6.44. The van der Waals surface area contributed by atoms with Crippen molar-refractivity contribution in [1.82, 2.24) is 4.98 Å². The summed E-state index contributed by atoms with van der Waals surface area (Å²) in [6, 6.07) is 10.5. The van der Waals surface area contributed by atoms with Crippen molar-refractivity contribution in [3.8, 4) is 6.07 Å². The van der Waals surface area contributed by atoms with Crippen molar-refractivity contribution in [3.05, 3.63) is 65.1 Å². The number of pyridine rings is 1. The van der Waals surface area contributed by atoms with Gasteiger partial charge in [0.25, 0.3) is 5.91 Å². The Morgan fingerprint density at radius 1 is 1.36 bits per heavy atom. The van der Waals surface area contributed by atoms with Crippen molar-refractivity contribution in [3.63, 3.8) is 0 Å². The molecule has 2 aromatic rings. The fraction of sp³-hybridized carbons (Fsp3) is 0.0625. The summed E-state index contributed by atoms with van der Waals surface area (Å²) in [6.07, 6.45) is 4.55. The first kappa shape index (κ1) is 15.5. The fourth-order valence-electron chi connectivity index (χ4n) is 1.62. The Balaban J connectivity index is 2.08. The lowest BCUT2D eigenvalue weighted by Crippen LogP contribution is -2.14. The molecule has 0 aliphatic rings. The third-order valence-corrected chi connectivity index (χ3v) is 3.25. The molecule has 110 valence electrons. The molecule has 1 amide bonds. The minimum Gasteiger partial charge on any atom is -0.359 e. The average Bonchev–Trinajstić information content (AvgIpc) is 2.52. The molecular weight excluding hydrogens is 300 g/mol. The number of nitrogens with one attached hydrogen (secondary N) is 2. The van der Waals surface area contributed by atoms with Crippen LogP contribution in [-0.4, -0.2) is 10.9 Å². The minimum absolute atomic E-state index is 0.0550. The van der Waals surface area contributed by atoms with Crippen molar-refractivity contribution in [2.75, 3.05) is 10.6 Å². The lowest BCUT2D eigenvalue weighted by Gasteiger charge is -2.06. The maximum Gasteiger partial charge on any atom is 0.267 e. The molecule has 0 unspecified atom stereocenters. The Labute approximate surface area is 133 Å². The van der Waals surface area contributed by atoms with Crippen LogP contribution in [0.4, 0.5) is 11.4 Å². The van der Waals surface area contributed by atoms with Crippen LogP contribution in [0.3, 0.4) is 0 Å². The summed E-state index contributed by atoms with van der Waals surface area (Å²) in [7, 11) is 0. The summed E-state index contributed by atoms with van der Waals surface area (Å²) >= 11 is 6.00. The molecule has 2 N–H and O–H groups in total. The van der Waals surface area contributed by atoms with Gasteiger partial charge in [0.2, 0.25) is 0 Å². The van der Waals surface area contributed by atoms with E-state index >= 15 is 0 Å². The monoisotopic (exact) mass is 312 g/mol. The number of carbonyl (C=O) groups is 1. The highest BCUT2D eigenvalue weighted by Gasteiger charge is 2.10. The van der Waals surface area contributed by atoms with Crippen molar-refractivity contribution in [2.24, 2.45) is 0 Å². The maximum absolute atomic E-state index is 12.1. The SMILES string of the molecule is Cc1ccc(NC(=O)/C(C#N)=C\Nc2cccnc2)cc1Cl. The van der Waals surface area contributed by atoms with Crippen LogP contribution < -0.4 is 10.6 Å². The van der Waals surface area contributed by atoms with Crippen LogP contribution in [0.15, 0.2) is 54.5 Å². The van der Waals surface area contributed by atoms with Gasteiger partial charge in [-0.25, -0.2) is 0 Å². The standard InChI is InChI=1S/C16H13ClN4O/c1-11-4-5-13(7-15(11)17)21-16(22)12(8-18)9-20-14-3-2-6-19-10-14/h2-7,9-10,20H,1H3,(H,21,22)/b12-9-. The lowest BCUT2D eigenvalue weighted by molar-refractivity contribution is -0.112. The third kappa shape index (κ3) is 4.08. The predicted molar refractivity (Wildman–Crippen MR) is 86.4 cm³/mol. The molecule has 0 saturated carbocycles. The highest BCUT2D eigenvalue weighted by atomic mass is 35.5. The van der Waals surface area contributed by atoms with Crippen molar-refractivity contribution >= 4 is 28.9 Å². The van der Waals surface area contributed by atoms with E-state index in [9.17, 15) is 4.79 Å². The fourth-order valence-corrected chi connectivity index (χ4v) is 1.80. The van der Waals surface area contributed by atoms with E-state index in [2.05, 4.69) is 15.6 Å². The second kappa shape index (κ2) is 7.25. The molecule has 0 aliphatic heterocycles. The van der Waals surface area contributed by atoms with Gasteiger partial charge in [-0.15, -0.1) is 0 Å². The van der Waals surface area contributed by atoms with Crippen molar-refractivity contribution in [1.29, 1.82) is 5.26 Å². The summed E-state index contributed by atoms with van der Waals surface area (Å²) in [5.74, 6) is -0.515. The number of aryl methyl sites for hydroxylation is 1. The van der Waals surface area contributed by atoms with Gasteiger partial charge in [-0.2, -0.15) is 5.26 Å². The van der Waals surface area contributed by atoms with Gasteiger partial charge >= 0.3 is 0 Å². The smallest absolute Gasteiger partial charge is 0.267 e. The second-order valence-electron chi connectivity index (χ2n) is 4.47. The molecule has 1 heterocycles. The molecule has 5 nitrogen and oxygen atoms in total. The number of amides is 1. The summed E-state index contributed by atoms with van der Waals surface area (Å²) in [5.41, 5.74) is 2.07. The zero-order valence-corrected chi connectivity index (χ0v) is 12.6. The van der Waals surface area contributed by atoms with Crippen LogP contribution in [-0.2, 0) is 4.79 Å². The lowest BCUT2D eigenvalue weighted by atomic mass is 10.2. The summed E-state index contributed by atoms with van der Waals surface area (Å²) in [4.78, 5) is 16.0. The normalized spacial score (nSPS) is 10.7. The highest BCUT2D eigenvalue weighted by molar-refractivity contribution is 6.31. The van der Waals surface area contributed by atoms with Gasteiger partial charge in [-0.3, -0.25) is 9.78 Å². The molecule has 1 aromatic heterocycles. The molecule has 0 saturated heterocycles. The number of anilines is 2. The van der Waals surface area contributed by atoms with E-state index in [-0.39, 0.29) is 5.57 Å². The molecule has 0 aliphatic carbocycles. The molecule has 2 rings (SSSR count). The summed E-state index contributed by atoms with van der Waals surface area (Å²) in [6.45, 7) is 1.87. The predicted octanol–water partition coefficient (Wildman–Crippen LogP) is 3.50. The Morgan fingerprint density at radius 2 is 2.18 bits per heavy atom. The number of carbonyl (C=O) groups excluding carboxylic acids is 1. The zero-order chi connectivity index (χ0) is 15.9. The van der Waals surface area contributed by atoms with Crippen LogP contribution in [0.1, 0.15) is 5.56 Å². The molecule has 1 aromatic carbocycles. The van der Waals surface area contributed by atoms with Gasteiger partial charge in [0.05, 0.1) is 11.9 Å². The Hall–Kier alpha value is -2.84. The Bertz CT molecular complexity index is 750. The van der Waals surface area contributed by atoms with Gasteiger partial charge in [0.15, 0.2) is 0 Å². The minimum atomic E-state index is -0.515. The molecule has 0 radical (unpaired) electrons. The van der Waals surface area contributed by atoms with Gasteiger partial charge in [0, 0.05) is 23.1 Å². The first-order valence-corrected chi connectivity index (χ1v) is 6.82. The maximum atomic E-state index is 12.1. The van der Waals surface area contributed by atoms with E-state index in [4.69, 9.17) is 16.9 Å². The van der Waals surface area contributed by atoms with Crippen LogP contribution >= 0.6 is 11.6 Å². The van der Waals surface area contributed by atoms with Crippen molar-refractivity contribution in [2.45, 2.75) is 6.92 Å². The van der Waals surface area contributed by atoms with Crippen molar-refractivity contribution < 1.29 is 4.79 Å². The Kier molecular flexibility index (Phi) is 5.12. The zero-order valence-electron chi connectivity index (χ0n) is 11.8. The number of hydrogen-bond donors (Lipinski definition) is 2. The molecule has 0 fully saturated rings.